The zero-order valence-electron chi connectivity index (χ0n) is 12.4. The number of hydrogen-bond donors (Lipinski definition) is 1. The van der Waals surface area contributed by atoms with Crippen LogP contribution < -0.4 is 10.1 Å². The number of likely N-dealkylation sites (N-methyl/N-ethyl adjacent to an activating group) is 1. The minimum atomic E-state index is -0.371. The van der Waals surface area contributed by atoms with Crippen LogP contribution in [0.25, 0.3) is 0 Å². The molecule has 0 unspecified atom stereocenters. The van der Waals surface area contributed by atoms with E-state index in [1.54, 1.807) is 18.2 Å². The molecule has 0 spiro atoms. The van der Waals surface area contributed by atoms with Gasteiger partial charge in [-0.15, -0.1) is 0 Å². The average Bonchev–Trinajstić information content (AvgIpc) is 2.38. The summed E-state index contributed by atoms with van der Waals surface area (Å²) in [4.78, 5) is 13.4. The number of carbonyl (C=O) groups excluding carboxylic acids is 1. The number of amides is 1. The molecular weight excluding hydrogens is 259 g/mol. The van der Waals surface area contributed by atoms with Crippen molar-refractivity contribution in [3.63, 3.8) is 0 Å². The van der Waals surface area contributed by atoms with E-state index in [1.165, 1.54) is 6.07 Å². The number of nitrogens with zero attached hydrogens (tertiary/aromatic N) is 1. The second kappa shape index (κ2) is 8.53. The Kier molecular flexibility index (Phi) is 7.01. The maximum Gasteiger partial charge on any atom is 0.234 e. The lowest BCUT2D eigenvalue weighted by atomic mass is 10.2. The third-order valence-corrected chi connectivity index (χ3v) is 2.69. The molecule has 0 saturated heterocycles. The van der Waals surface area contributed by atoms with E-state index < -0.39 is 0 Å². The third kappa shape index (κ3) is 6.52. The molecule has 0 heterocycles. The Morgan fingerprint density at radius 1 is 1.40 bits per heavy atom. The molecule has 1 amide bonds. The molecule has 20 heavy (non-hydrogen) atoms. The van der Waals surface area contributed by atoms with E-state index >= 15 is 0 Å². The first-order valence-electron chi connectivity index (χ1n) is 6.81. The van der Waals surface area contributed by atoms with Crippen molar-refractivity contribution in [3.8, 4) is 5.75 Å². The van der Waals surface area contributed by atoms with E-state index in [2.05, 4.69) is 5.32 Å². The zero-order chi connectivity index (χ0) is 15.0. The number of carbonyl (C=O) groups is 1. The van der Waals surface area contributed by atoms with Crippen LogP contribution in [0.1, 0.15) is 13.8 Å². The van der Waals surface area contributed by atoms with Crippen LogP contribution in [-0.2, 0) is 4.79 Å². The van der Waals surface area contributed by atoms with Crippen molar-refractivity contribution in [2.75, 3.05) is 33.3 Å². The van der Waals surface area contributed by atoms with Crippen LogP contribution in [-0.4, -0.2) is 44.1 Å². The molecule has 1 aromatic carbocycles. The summed E-state index contributed by atoms with van der Waals surface area (Å²) in [6.45, 7) is 5.99. The van der Waals surface area contributed by atoms with Crippen LogP contribution in [0.2, 0.25) is 0 Å². The quantitative estimate of drug-likeness (QED) is 0.792. The molecule has 4 nitrogen and oxygen atoms in total. The van der Waals surface area contributed by atoms with Gasteiger partial charge in [0.15, 0.2) is 11.6 Å². The molecule has 0 saturated carbocycles. The van der Waals surface area contributed by atoms with E-state index in [0.29, 0.717) is 32.2 Å². The van der Waals surface area contributed by atoms with Gasteiger partial charge < -0.3 is 10.1 Å². The normalized spacial score (nSPS) is 10.9. The van der Waals surface area contributed by atoms with Crippen molar-refractivity contribution < 1.29 is 13.9 Å². The number of ether oxygens (including phenoxy) is 1. The Hall–Kier alpha value is -1.62. The number of para-hydroxylation sites is 1. The van der Waals surface area contributed by atoms with Crippen molar-refractivity contribution >= 4 is 5.91 Å². The first-order chi connectivity index (χ1) is 9.49. The molecule has 0 atom stereocenters. The van der Waals surface area contributed by atoms with Crippen LogP contribution in [0.3, 0.4) is 0 Å². The summed E-state index contributed by atoms with van der Waals surface area (Å²) in [5.41, 5.74) is 0. The molecule has 112 valence electrons. The van der Waals surface area contributed by atoms with Gasteiger partial charge in [-0.1, -0.05) is 26.0 Å². The highest BCUT2D eigenvalue weighted by Crippen LogP contribution is 2.14. The van der Waals surface area contributed by atoms with Crippen LogP contribution in [0.4, 0.5) is 4.39 Å². The zero-order valence-corrected chi connectivity index (χ0v) is 12.4. The molecule has 1 N–H and O–H groups in total. The minimum absolute atomic E-state index is 0.00732. The second-order valence-corrected chi connectivity index (χ2v) is 5.21. The van der Waals surface area contributed by atoms with Crippen LogP contribution >= 0.6 is 0 Å². The maximum atomic E-state index is 13.3. The van der Waals surface area contributed by atoms with Gasteiger partial charge in [0.05, 0.1) is 6.54 Å². The Morgan fingerprint density at radius 3 is 2.75 bits per heavy atom. The Labute approximate surface area is 119 Å². The SMILES string of the molecule is CC(C)CNC(=O)CN(C)CCOc1ccccc1F. The third-order valence-electron chi connectivity index (χ3n) is 2.69. The predicted octanol–water partition coefficient (Wildman–Crippen LogP) is 1.91. The smallest absolute Gasteiger partial charge is 0.234 e. The van der Waals surface area contributed by atoms with Crippen molar-refractivity contribution in [2.45, 2.75) is 13.8 Å². The molecule has 0 radical (unpaired) electrons. The summed E-state index contributed by atoms with van der Waals surface area (Å²) >= 11 is 0. The van der Waals surface area contributed by atoms with Gasteiger partial charge in [0.2, 0.25) is 5.91 Å². The standard InChI is InChI=1S/C15H23FN2O2/c1-12(2)10-17-15(19)11-18(3)8-9-20-14-7-5-4-6-13(14)16/h4-7,12H,8-11H2,1-3H3,(H,17,19). The van der Waals surface area contributed by atoms with Gasteiger partial charge in [0.1, 0.15) is 6.61 Å². The molecule has 5 heteroatoms. The van der Waals surface area contributed by atoms with Gasteiger partial charge in [0, 0.05) is 13.1 Å². The van der Waals surface area contributed by atoms with Crippen LogP contribution in [0.5, 0.6) is 5.75 Å². The number of halogens is 1. The van der Waals surface area contributed by atoms with Gasteiger partial charge >= 0.3 is 0 Å². The molecular formula is C15H23FN2O2. The highest BCUT2D eigenvalue weighted by Gasteiger charge is 2.07. The minimum Gasteiger partial charge on any atom is -0.489 e. The summed E-state index contributed by atoms with van der Waals surface area (Å²) in [6, 6.07) is 6.29. The number of benzene rings is 1. The lowest BCUT2D eigenvalue weighted by Gasteiger charge is -2.17. The van der Waals surface area contributed by atoms with E-state index in [9.17, 15) is 9.18 Å². The summed E-state index contributed by atoms with van der Waals surface area (Å²) < 4.78 is 18.6. The highest BCUT2D eigenvalue weighted by atomic mass is 19.1. The van der Waals surface area contributed by atoms with Crippen LogP contribution in [0, 0.1) is 11.7 Å². The van der Waals surface area contributed by atoms with E-state index in [-0.39, 0.29) is 17.5 Å². The lowest BCUT2D eigenvalue weighted by Crippen LogP contribution is -2.38. The molecule has 0 aliphatic heterocycles. The Bertz CT molecular complexity index is 424. The molecule has 1 aromatic rings. The number of hydrogen-bond acceptors (Lipinski definition) is 3. The molecule has 1 rings (SSSR count). The second-order valence-electron chi connectivity index (χ2n) is 5.21. The number of nitrogens with one attached hydrogen (secondary N) is 1. The molecule has 0 fully saturated rings. The Balaban J connectivity index is 2.21. The predicted molar refractivity (Wildman–Crippen MR) is 77.2 cm³/mol. The Morgan fingerprint density at radius 2 is 2.10 bits per heavy atom. The summed E-state index contributed by atoms with van der Waals surface area (Å²) in [7, 11) is 1.83. The van der Waals surface area contributed by atoms with E-state index in [1.807, 2.05) is 25.8 Å². The first-order valence-corrected chi connectivity index (χ1v) is 6.81. The monoisotopic (exact) mass is 282 g/mol. The summed E-state index contributed by atoms with van der Waals surface area (Å²) in [5.74, 6) is 0.302. The highest BCUT2D eigenvalue weighted by molar-refractivity contribution is 5.77. The molecule has 0 bridgehead atoms. The van der Waals surface area contributed by atoms with Crippen molar-refractivity contribution in [1.82, 2.24) is 10.2 Å². The lowest BCUT2D eigenvalue weighted by molar-refractivity contribution is -0.122. The van der Waals surface area contributed by atoms with Gasteiger partial charge in [-0.25, -0.2) is 4.39 Å². The average molecular weight is 282 g/mol. The maximum absolute atomic E-state index is 13.3. The fraction of sp³-hybridized carbons (Fsp3) is 0.533. The van der Waals surface area contributed by atoms with Crippen molar-refractivity contribution in [2.24, 2.45) is 5.92 Å². The van der Waals surface area contributed by atoms with Gasteiger partial charge in [-0.2, -0.15) is 0 Å². The largest absolute Gasteiger partial charge is 0.489 e. The fourth-order valence-corrected chi connectivity index (χ4v) is 1.57. The van der Waals surface area contributed by atoms with Crippen molar-refractivity contribution in [3.05, 3.63) is 30.1 Å². The topological polar surface area (TPSA) is 41.6 Å². The van der Waals surface area contributed by atoms with Gasteiger partial charge in [-0.05, 0) is 25.1 Å². The van der Waals surface area contributed by atoms with E-state index in [0.717, 1.165) is 0 Å². The van der Waals surface area contributed by atoms with Crippen molar-refractivity contribution in [1.29, 1.82) is 0 Å². The fourth-order valence-electron chi connectivity index (χ4n) is 1.57. The molecule has 0 aliphatic rings. The van der Waals surface area contributed by atoms with Gasteiger partial charge in [-0.3, -0.25) is 9.69 Å². The molecule has 0 aromatic heterocycles. The number of rotatable bonds is 8. The molecule has 0 aliphatic carbocycles. The summed E-state index contributed by atoms with van der Waals surface area (Å²) in [6.07, 6.45) is 0. The van der Waals surface area contributed by atoms with E-state index in [4.69, 9.17) is 4.74 Å². The first kappa shape index (κ1) is 16.4. The van der Waals surface area contributed by atoms with Crippen LogP contribution in [0.15, 0.2) is 24.3 Å². The summed E-state index contributed by atoms with van der Waals surface area (Å²) in [5, 5.41) is 2.85. The van der Waals surface area contributed by atoms with Gasteiger partial charge in [0.25, 0.3) is 0 Å².